The van der Waals surface area contributed by atoms with E-state index in [1.54, 1.807) is 32.2 Å². The molecule has 2 N–H and O–H groups in total. The molecule has 0 bridgehead atoms. The van der Waals surface area contributed by atoms with Crippen LogP contribution >= 0.6 is 0 Å². The molecule has 1 rings (SSSR count). The van der Waals surface area contributed by atoms with Gasteiger partial charge < -0.3 is 15.4 Å². The molecule has 0 aliphatic heterocycles. The van der Waals surface area contributed by atoms with Crippen LogP contribution in [0.3, 0.4) is 0 Å². The van der Waals surface area contributed by atoms with Crippen LogP contribution < -0.4 is 10.6 Å². The zero-order valence-corrected chi connectivity index (χ0v) is 13.5. The van der Waals surface area contributed by atoms with Gasteiger partial charge in [-0.15, -0.1) is 0 Å². The van der Waals surface area contributed by atoms with E-state index in [1.807, 2.05) is 0 Å². The van der Waals surface area contributed by atoms with Crippen molar-refractivity contribution in [1.82, 2.24) is 10.2 Å². The van der Waals surface area contributed by atoms with Gasteiger partial charge in [-0.3, -0.25) is 19.3 Å². The molecule has 3 amide bonds. The average Bonchev–Trinajstić information content (AvgIpc) is 2.57. The lowest BCUT2D eigenvalue weighted by atomic mass is 10.0. The van der Waals surface area contributed by atoms with Crippen molar-refractivity contribution in [3.05, 3.63) is 29.3 Å². The Morgan fingerprint density at radius 1 is 1.26 bits per heavy atom. The van der Waals surface area contributed by atoms with Crippen molar-refractivity contribution in [3.8, 4) is 0 Å². The largest absolute Gasteiger partial charge is 0.388 e. The quantitative estimate of drug-likeness (QED) is 0.689. The van der Waals surface area contributed by atoms with Crippen molar-refractivity contribution < 1.29 is 19.2 Å². The van der Waals surface area contributed by atoms with Gasteiger partial charge in [-0.05, 0) is 31.0 Å². The Morgan fingerprint density at radius 2 is 1.96 bits per heavy atom. The van der Waals surface area contributed by atoms with Gasteiger partial charge >= 0.3 is 0 Å². The SMILES string of the molecule is CNC(=O)C(CCC=O)N(C=O)C(=O)c1cccc(NC)c1C. The first-order valence-electron chi connectivity index (χ1n) is 7.22. The molecular formula is C16H21N3O4. The fourth-order valence-corrected chi connectivity index (χ4v) is 2.33. The topological polar surface area (TPSA) is 95.6 Å². The monoisotopic (exact) mass is 319 g/mol. The van der Waals surface area contributed by atoms with Crippen LogP contribution in [0.1, 0.15) is 28.8 Å². The molecular weight excluding hydrogens is 298 g/mol. The summed E-state index contributed by atoms with van der Waals surface area (Å²) < 4.78 is 0. The van der Waals surface area contributed by atoms with E-state index in [4.69, 9.17) is 0 Å². The first-order valence-corrected chi connectivity index (χ1v) is 7.22. The third-order valence-electron chi connectivity index (χ3n) is 3.62. The zero-order valence-electron chi connectivity index (χ0n) is 13.5. The maximum absolute atomic E-state index is 12.7. The van der Waals surface area contributed by atoms with Crippen LogP contribution in [0.25, 0.3) is 0 Å². The van der Waals surface area contributed by atoms with Crippen molar-refractivity contribution in [2.45, 2.75) is 25.8 Å². The Kier molecular flexibility index (Phi) is 6.92. The number of anilines is 1. The number of hydrogen-bond donors (Lipinski definition) is 2. The molecule has 0 aliphatic carbocycles. The van der Waals surface area contributed by atoms with Gasteiger partial charge in [0.25, 0.3) is 5.91 Å². The molecule has 0 saturated carbocycles. The number of nitrogens with one attached hydrogen (secondary N) is 2. The van der Waals surface area contributed by atoms with Crippen LogP contribution in [0, 0.1) is 6.92 Å². The summed E-state index contributed by atoms with van der Waals surface area (Å²) in [6.07, 6.45) is 1.14. The van der Waals surface area contributed by atoms with Crippen molar-refractivity contribution >= 4 is 30.2 Å². The Hall–Kier alpha value is -2.70. The maximum Gasteiger partial charge on any atom is 0.261 e. The number of imide groups is 1. The molecule has 1 atom stereocenters. The lowest BCUT2D eigenvalue weighted by Crippen LogP contribution is -2.48. The summed E-state index contributed by atoms with van der Waals surface area (Å²) in [5.74, 6) is -1.07. The minimum atomic E-state index is -1.02. The third-order valence-corrected chi connectivity index (χ3v) is 3.62. The second-order valence-electron chi connectivity index (χ2n) is 4.92. The van der Waals surface area contributed by atoms with Crippen LogP contribution in [0.4, 0.5) is 5.69 Å². The molecule has 0 spiro atoms. The number of nitrogens with zero attached hydrogens (tertiary/aromatic N) is 1. The van der Waals surface area contributed by atoms with Crippen molar-refractivity contribution in [2.75, 3.05) is 19.4 Å². The summed E-state index contributed by atoms with van der Waals surface area (Å²) in [6, 6.07) is 4.07. The molecule has 1 unspecified atom stereocenters. The van der Waals surface area contributed by atoms with Crippen LogP contribution in [0.5, 0.6) is 0 Å². The number of benzene rings is 1. The standard InChI is InChI=1S/C16H21N3O4/c1-11-12(6-4-7-13(11)17-2)16(23)19(10-21)14(8-5-9-20)15(22)18-3/h4,6-7,9-10,14,17H,5,8H2,1-3H3,(H,18,22). The Bertz CT molecular complexity index is 601. The number of rotatable bonds is 8. The highest BCUT2D eigenvalue weighted by molar-refractivity contribution is 6.04. The highest BCUT2D eigenvalue weighted by Gasteiger charge is 2.30. The molecule has 0 radical (unpaired) electrons. The summed E-state index contributed by atoms with van der Waals surface area (Å²) in [6.45, 7) is 1.75. The number of carbonyl (C=O) groups excluding carboxylic acids is 4. The Morgan fingerprint density at radius 3 is 2.48 bits per heavy atom. The van der Waals surface area contributed by atoms with Crippen molar-refractivity contribution in [1.29, 1.82) is 0 Å². The Balaban J connectivity index is 3.20. The second-order valence-corrected chi connectivity index (χ2v) is 4.92. The van der Waals surface area contributed by atoms with Crippen LogP contribution in [-0.2, 0) is 14.4 Å². The molecule has 1 aromatic rings. The van der Waals surface area contributed by atoms with Crippen LogP contribution in [0.15, 0.2) is 18.2 Å². The van der Waals surface area contributed by atoms with Crippen molar-refractivity contribution in [2.24, 2.45) is 0 Å². The van der Waals surface area contributed by atoms with Crippen LogP contribution in [0.2, 0.25) is 0 Å². The first kappa shape index (κ1) is 18.3. The minimum Gasteiger partial charge on any atom is -0.388 e. The van der Waals surface area contributed by atoms with E-state index in [-0.39, 0.29) is 12.8 Å². The first-order chi connectivity index (χ1) is 11.0. The highest BCUT2D eigenvalue weighted by Crippen LogP contribution is 2.21. The smallest absolute Gasteiger partial charge is 0.261 e. The zero-order chi connectivity index (χ0) is 17.4. The molecule has 0 aromatic heterocycles. The van der Waals surface area contributed by atoms with E-state index in [0.29, 0.717) is 23.8 Å². The highest BCUT2D eigenvalue weighted by atomic mass is 16.2. The van der Waals surface area contributed by atoms with Gasteiger partial charge in [-0.1, -0.05) is 6.07 Å². The number of aldehydes is 1. The number of carbonyl (C=O) groups is 4. The van der Waals surface area contributed by atoms with Crippen LogP contribution in [-0.4, -0.2) is 49.5 Å². The molecule has 0 aliphatic rings. The molecule has 23 heavy (non-hydrogen) atoms. The van der Waals surface area contributed by atoms with Gasteiger partial charge in [0.15, 0.2) is 0 Å². The van der Waals surface area contributed by atoms with Gasteiger partial charge in [0, 0.05) is 31.8 Å². The van der Waals surface area contributed by atoms with Crippen molar-refractivity contribution in [3.63, 3.8) is 0 Å². The minimum absolute atomic E-state index is 0.0746. The van der Waals surface area contributed by atoms with E-state index in [9.17, 15) is 19.2 Å². The molecule has 7 heteroatoms. The number of hydrogen-bond acceptors (Lipinski definition) is 5. The predicted octanol–water partition coefficient (Wildman–Crippen LogP) is 0.729. The van der Waals surface area contributed by atoms with E-state index in [0.717, 1.165) is 10.6 Å². The summed E-state index contributed by atoms with van der Waals surface area (Å²) in [5.41, 5.74) is 1.76. The predicted molar refractivity (Wildman–Crippen MR) is 86.1 cm³/mol. The van der Waals surface area contributed by atoms with Gasteiger partial charge in [-0.25, -0.2) is 0 Å². The third kappa shape index (κ3) is 4.15. The summed E-state index contributed by atoms with van der Waals surface area (Å²) in [7, 11) is 3.14. The van der Waals surface area contributed by atoms with Gasteiger partial charge in [-0.2, -0.15) is 0 Å². The molecule has 1 aromatic carbocycles. The van der Waals surface area contributed by atoms with Gasteiger partial charge in [0.05, 0.1) is 0 Å². The van der Waals surface area contributed by atoms with E-state index < -0.39 is 17.9 Å². The second kappa shape index (κ2) is 8.67. The molecule has 0 heterocycles. The lowest BCUT2D eigenvalue weighted by Gasteiger charge is -2.25. The lowest BCUT2D eigenvalue weighted by molar-refractivity contribution is -0.131. The number of amides is 3. The molecule has 0 saturated heterocycles. The van der Waals surface area contributed by atoms with E-state index in [2.05, 4.69) is 10.6 Å². The van der Waals surface area contributed by atoms with Gasteiger partial charge in [0.2, 0.25) is 12.3 Å². The Labute approximate surface area is 135 Å². The maximum atomic E-state index is 12.7. The summed E-state index contributed by atoms with van der Waals surface area (Å²) in [4.78, 5) is 47.5. The van der Waals surface area contributed by atoms with E-state index in [1.165, 1.54) is 7.05 Å². The fourth-order valence-electron chi connectivity index (χ4n) is 2.33. The molecule has 124 valence electrons. The molecule has 7 nitrogen and oxygen atoms in total. The number of likely N-dealkylation sites (N-methyl/N-ethyl adjacent to an activating group) is 1. The summed E-state index contributed by atoms with van der Waals surface area (Å²) in [5, 5.41) is 5.37. The molecule has 0 fully saturated rings. The van der Waals surface area contributed by atoms with Gasteiger partial charge in [0.1, 0.15) is 12.3 Å². The summed E-state index contributed by atoms with van der Waals surface area (Å²) >= 11 is 0. The fraction of sp³-hybridized carbons (Fsp3) is 0.375. The average molecular weight is 319 g/mol. The van der Waals surface area contributed by atoms with E-state index >= 15 is 0 Å². The normalized spacial score (nSPS) is 11.3.